The zero-order valence-corrected chi connectivity index (χ0v) is 32.7. The van der Waals surface area contributed by atoms with E-state index in [0.717, 1.165) is 73.6 Å². The second-order valence-electron chi connectivity index (χ2n) is 15.5. The number of aliphatic imine (C=N–C) groups is 2. The first kappa shape index (κ1) is 38.6. The van der Waals surface area contributed by atoms with Crippen molar-refractivity contribution >= 4 is 46.3 Å². The maximum atomic E-state index is 14.2. The summed E-state index contributed by atoms with van der Waals surface area (Å²) in [4.78, 5) is 17.0. The van der Waals surface area contributed by atoms with Gasteiger partial charge in [-0.3, -0.25) is 9.98 Å². The van der Waals surface area contributed by atoms with E-state index in [0.29, 0.717) is 53.5 Å². The summed E-state index contributed by atoms with van der Waals surface area (Å²) < 4.78 is 28.0. The molecule has 10 heteroatoms. The fourth-order valence-electron chi connectivity index (χ4n) is 9.37. The van der Waals surface area contributed by atoms with E-state index in [1.54, 1.807) is 42.3 Å². The minimum absolute atomic E-state index is 0.157. The molecule has 1 aromatic carbocycles. The molecular formula is C44H50ClF2N5OS. The van der Waals surface area contributed by atoms with E-state index in [-0.39, 0.29) is 16.7 Å². The van der Waals surface area contributed by atoms with Crippen LogP contribution in [0, 0.1) is 34.9 Å². The molecule has 6 nitrogen and oxygen atoms in total. The lowest BCUT2D eigenvalue weighted by molar-refractivity contribution is -0.0919. The van der Waals surface area contributed by atoms with Gasteiger partial charge < -0.3 is 15.4 Å². The number of thioether (sulfide) groups is 1. The van der Waals surface area contributed by atoms with Gasteiger partial charge in [0, 0.05) is 34.6 Å². The van der Waals surface area contributed by atoms with Crippen LogP contribution in [-0.4, -0.2) is 55.8 Å². The van der Waals surface area contributed by atoms with E-state index in [1.165, 1.54) is 19.1 Å². The van der Waals surface area contributed by atoms with Crippen LogP contribution in [-0.2, 0) is 0 Å². The van der Waals surface area contributed by atoms with Gasteiger partial charge in [-0.05, 0) is 131 Å². The number of nitrogens with zero attached hydrogens (tertiary/aromatic N) is 4. The second-order valence-corrected chi connectivity index (χ2v) is 17.1. The normalized spacial score (nSPS) is 30.0. The van der Waals surface area contributed by atoms with Crippen molar-refractivity contribution < 1.29 is 13.9 Å². The third-order valence-corrected chi connectivity index (χ3v) is 13.3. The number of hydrogen-bond acceptors (Lipinski definition) is 7. The number of halogens is 3. The lowest BCUT2D eigenvalue weighted by atomic mass is 9.51. The summed E-state index contributed by atoms with van der Waals surface area (Å²) >= 11 is 8.44. The zero-order valence-electron chi connectivity index (χ0n) is 31.1. The van der Waals surface area contributed by atoms with Crippen molar-refractivity contribution in [3.63, 3.8) is 0 Å². The van der Waals surface area contributed by atoms with Crippen molar-refractivity contribution in [2.45, 2.75) is 94.7 Å². The van der Waals surface area contributed by atoms with Gasteiger partial charge in [-0.2, -0.15) is 0 Å². The molecule has 2 bridgehead atoms. The summed E-state index contributed by atoms with van der Waals surface area (Å²) in [6, 6.07) is 9.61. The number of alkyl halides is 1. The van der Waals surface area contributed by atoms with Crippen molar-refractivity contribution in [3.8, 4) is 0 Å². The fraction of sp³-hybridized carbons (Fsp3) is 0.455. The predicted octanol–water partition coefficient (Wildman–Crippen LogP) is 10.9. The van der Waals surface area contributed by atoms with Gasteiger partial charge in [0.05, 0.1) is 28.1 Å². The number of aromatic nitrogens is 1. The highest BCUT2D eigenvalue weighted by atomic mass is 35.5. The van der Waals surface area contributed by atoms with Crippen LogP contribution in [0.15, 0.2) is 106 Å². The summed E-state index contributed by atoms with van der Waals surface area (Å²) in [5.74, 6) is 2.46. The molecule has 0 amide bonds. The van der Waals surface area contributed by atoms with Crippen molar-refractivity contribution in [2.75, 3.05) is 6.54 Å². The van der Waals surface area contributed by atoms with E-state index < -0.39 is 23.6 Å². The molecule has 4 fully saturated rings. The first-order valence-corrected chi connectivity index (χ1v) is 20.7. The van der Waals surface area contributed by atoms with Crippen LogP contribution in [0.4, 0.5) is 8.78 Å². The Morgan fingerprint density at radius 3 is 2.72 bits per heavy atom. The summed E-state index contributed by atoms with van der Waals surface area (Å²) in [6.07, 6.45) is 17.7. The van der Waals surface area contributed by atoms with E-state index in [9.17, 15) is 19.3 Å². The molecule has 2 N–H and O–H groups in total. The highest BCUT2D eigenvalue weighted by molar-refractivity contribution is 8.03. The molecule has 4 unspecified atom stereocenters. The molecule has 3 saturated carbocycles. The van der Waals surface area contributed by atoms with Gasteiger partial charge in [-0.1, -0.05) is 55.0 Å². The predicted molar refractivity (Wildman–Crippen MR) is 219 cm³/mol. The van der Waals surface area contributed by atoms with Gasteiger partial charge in [-0.15, -0.1) is 11.8 Å². The molecule has 284 valence electrons. The number of pyridine rings is 1. The van der Waals surface area contributed by atoms with Crippen LogP contribution < -0.4 is 0 Å². The minimum Gasteiger partial charge on any atom is -0.384 e. The monoisotopic (exact) mass is 769 g/mol. The molecule has 3 aliphatic carbocycles. The first-order chi connectivity index (χ1) is 26.1. The number of aliphatic hydroxyl groups is 1. The molecule has 1 saturated heterocycles. The number of nitrogens with one attached hydrogen (secondary N) is 1. The molecule has 0 radical (unpaired) electrons. The van der Waals surface area contributed by atoms with Crippen LogP contribution in [0.3, 0.4) is 0 Å². The third kappa shape index (κ3) is 8.00. The largest absolute Gasteiger partial charge is 0.384 e. The lowest BCUT2D eigenvalue weighted by Gasteiger charge is -2.56. The topological polar surface area (TPSA) is 84.9 Å². The van der Waals surface area contributed by atoms with Crippen molar-refractivity contribution in [1.29, 1.82) is 5.41 Å². The van der Waals surface area contributed by atoms with E-state index in [1.807, 2.05) is 31.2 Å². The number of hydrogen-bond donors (Lipinski definition) is 2. The first-order valence-electron chi connectivity index (χ1n) is 19.3. The van der Waals surface area contributed by atoms with Gasteiger partial charge in [0.1, 0.15) is 29.5 Å². The van der Waals surface area contributed by atoms with Crippen molar-refractivity contribution in [3.05, 3.63) is 118 Å². The minimum atomic E-state index is -1.01. The number of allylic oxidation sites excluding steroid dienone is 5. The maximum absolute atomic E-state index is 14.2. The Kier molecular flexibility index (Phi) is 11.9. The quantitative estimate of drug-likeness (QED) is 0.187. The lowest BCUT2D eigenvalue weighted by Crippen LogP contribution is -2.55. The third-order valence-electron chi connectivity index (χ3n) is 11.9. The maximum Gasteiger partial charge on any atom is 0.124 e. The fourth-order valence-corrected chi connectivity index (χ4v) is 10.6. The molecule has 1 aromatic heterocycles. The summed E-state index contributed by atoms with van der Waals surface area (Å²) in [5.41, 5.74) is 3.98. The Morgan fingerprint density at radius 2 is 2.06 bits per heavy atom. The molecular weight excluding hydrogens is 720 g/mol. The summed E-state index contributed by atoms with van der Waals surface area (Å²) in [5, 5.41) is 23.7. The average molecular weight is 770 g/mol. The molecule has 4 heterocycles. The number of amidine groups is 1. The van der Waals surface area contributed by atoms with Gasteiger partial charge in [0.2, 0.25) is 0 Å². The molecule has 0 spiro atoms. The van der Waals surface area contributed by atoms with Crippen LogP contribution in [0.5, 0.6) is 0 Å². The van der Waals surface area contributed by atoms with Crippen LogP contribution in [0.25, 0.3) is 5.70 Å². The molecule has 3 aliphatic heterocycles. The number of fused-ring (bicyclic) bond motifs is 3. The molecule has 8 rings (SSSR count). The smallest absolute Gasteiger partial charge is 0.124 e. The highest BCUT2D eigenvalue weighted by Gasteiger charge is 2.54. The van der Waals surface area contributed by atoms with Crippen molar-refractivity contribution in [2.24, 2.45) is 33.7 Å². The average Bonchev–Trinajstić information content (AvgIpc) is 3.84. The van der Waals surface area contributed by atoms with Crippen LogP contribution in [0.1, 0.15) is 88.9 Å². The standard InChI is InChI=1S/C44H50ClF2N5OS/c1-4-36(37-15-6-7-19-49-37)50-40(5-2)44(53)24-29-22-30(25-44)32(29)13-9-12-28-21-38-41(35(48)14-8-11-27(3)46)42(33-18-17-31(47)23-34(33)45)51-43(52(38)26-28)39-16-10-20-54-39/h4-8,10,14-15,17-20,23,27-30,32,39,42,48,53H,2,9,11-13,16,21-22,24-26H2,1,3H3/b14-8-,36-4-,48-35?,50-40+/t27-,28?,29?,30?,32?,39?,42+,44?/m1/s1. The SMILES string of the molecule is C=C/C(=N\C(=C/C)c1ccccn1)C1(O)CC2CC(C1)C2CCCC1CC2=C(C(=N)/C=C\C[C@@H](C)F)[C@H](c3ccc(F)cc3Cl)N=C(C3CC=CS3)N2C1. The zero-order chi connectivity index (χ0) is 38.0. The Hall–Kier alpha value is -3.66. The van der Waals surface area contributed by atoms with E-state index >= 15 is 0 Å². The van der Waals surface area contributed by atoms with Gasteiger partial charge in [0.15, 0.2) is 0 Å². The Bertz CT molecular complexity index is 1920. The highest BCUT2D eigenvalue weighted by Crippen LogP contribution is 2.57. The Balaban J connectivity index is 1.06. The summed E-state index contributed by atoms with van der Waals surface area (Å²) in [6.45, 7) is 8.31. The van der Waals surface area contributed by atoms with E-state index in [2.05, 4.69) is 27.9 Å². The Morgan fingerprint density at radius 1 is 1.24 bits per heavy atom. The molecule has 2 aromatic rings. The molecule has 6 atom stereocenters. The second kappa shape index (κ2) is 16.6. The molecule has 54 heavy (non-hydrogen) atoms. The number of benzene rings is 1. The van der Waals surface area contributed by atoms with Gasteiger partial charge >= 0.3 is 0 Å². The van der Waals surface area contributed by atoms with Gasteiger partial charge in [-0.25, -0.2) is 13.8 Å². The molecule has 6 aliphatic rings. The van der Waals surface area contributed by atoms with E-state index in [4.69, 9.17) is 21.6 Å². The number of rotatable bonds is 14. The summed E-state index contributed by atoms with van der Waals surface area (Å²) in [7, 11) is 0. The van der Waals surface area contributed by atoms with Crippen LogP contribution in [0.2, 0.25) is 5.02 Å². The van der Waals surface area contributed by atoms with Crippen LogP contribution >= 0.6 is 23.4 Å². The Labute approximate surface area is 327 Å². The van der Waals surface area contributed by atoms with Gasteiger partial charge in [0.25, 0.3) is 0 Å². The van der Waals surface area contributed by atoms with Crippen molar-refractivity contribution in [1.82, 2.24) is 9.88 Å².